The van der Waals surface area contributed by atoms with E-state index in [9.17, 15) is 0 Å². The van der Waals surface area contributed by atoms with Crippen LogP contribution in [0.15, 0.2) is 23.6 Å². The molecule has 0 bridgehead atoms. The number of hydrogen-bond donors (Lipinski definition) is 2. The van der Waals surface area contributed by atoms with Gasteiger partial charge in [0, 0.05) is 4.88 Å². The summed E-state index contributed by atoms with van der Waals surface area (Å²) >= 11 is 7.97. The lowest BCUT2D eigenvalue weighted by atomic mass is 10.0. The Hall–Kier alpha value is -1.07. The van der Waals surface area contributed by atoms with Gasteiger partial charge < -0.3 is 4.74 Å². The summed E-state index contributed by atoms with van der Waals surface area (Å²) in [5.41, 5.74) is 6.27. The van der Waals surface area contributed by atoms with Crippen LogP contribution in [-0.2, 0) is 6.42 Å². The number of ether oxygens (including phenoxy) is 1. The van der Waals surface area contributed by atoms with Crippen LogP contribution in [0.3, 0.4) is 0 Å². The summed E-state index contributed by atoms with van der Waals surface area (Å²) in [6.45, 7) is 4.07. The van der Waals surface area contributed by atoms with E-state index < -0.39 is 0 Å². The number of aryl methyl sites for hydroxylation is 2. The van der Waals surface area contributed by atoms with Crippen molar-refractivity contribution in [3.8, 4) is 5.75 Å². The van der Waals surface area contributed by atoms with E-state index in [0.717, 1.165) is 33.2 Å². The molecule has 5 heteroatoms. The molecule has 0 saturated heterocycles. The first-order valence-electron chi connectivity index (χ1n) is 6.40. The molecule has 1 aromatic carbocycles. The summed E-state index contributed by atoms with van der Waals surface area (Å²) in [6.07, 6.45) is 0.737. The lowest BCUT2D eigenvalue weighted by molar-refractivity contribution is 0.406. The van der Waals surface area contributed by atoms with Crippen molar-refractivity contribution in [1.29, 1.82) is 0 Å². The van der Waals surface area contributed by atoms with E-state index in [0.29, 0.717) is 0 Å². The second kappa shape index (κ2) is 6.59. The molecule has 2 rings (SSSR count). The number of nitrogens with one attached hydrogen (secondary N) is 1. The highest BCUT2D eigenvalue weighted by molar-refractivity contribution is 7.10. The average Bonchev–Trinajstić information content (AvgIpc) is 2.77. The summed E-state index contributed by atoms with van der Waals surface area (Å²) < 4.78 is 5.42. The Morgan fingerprint density at radius 2 is 2.15 bits per heavy atom. The molecule has 0 spiro atoms. The van der Waals surface area contributed by atoms with Gasteiger partial charge in [0.15, 0.2) is 0 Å². The standard InChI is InChI=1S/C15H19ClN2OS/c1-9-4-5-13(19-3)11(6-9)7-12(18-17)15-14(16)10(2)8-20-15/h4-6,8,12,18H,7,17H2,1-3H3. The van der Waals surface area contributed by atoms with Gasteiger partial charge in [-0.05, 0) is 42.8 Å². The summed E-state index contributed by atoms with van der Waals surface area (Å²) in [4.78, 5) is 1.07. The fourth-order valence-corrected chi connectivity index (χ4v) is 3.59. The van der Waals surface area contributed by atoms with Crippen molar-refractivity contribution in [1.82, 2.24) is 5.43 Å². The maximum atomic E-state index is 6.34. The van der Waals surface area contributed by atoms with Gasteiger partial charge in [0.1, 0.15) is 5.75 Å². The van der Waals surface area contributed by atoms with Crippen molar-refractivity contribution in [2.75, 3.05) is 7.11 Å². The number of hydrazine groups is 1. The molecule has 3 nitrogen and oxygen atoms in total. The number of benzene rings is 1. The van der Waals surface area contributed by atoms with Crippen LogP contribution >= 0.6 is 22.9 Å². The highest BCUT2D eigenvalue weighted by Gasteiger charge is 2.19. The molecule has 0 fully saturated rings. The smallest absolute Gasteiger partial charge is 0.122 e. The van der Waals surface area contributed by atoms with Crippen molar-refractivity contribution in [2.24, 2.45) is 5.84 Å². The molecule has 0 aliphatic carbocycles. The molecule has 0 amide bonds. The first-order chi connectivity index (χ1) is 9.56. The fraction of sp³-hybridized carbons (Fsp3) is 0.333. The van der Waals surface area contributed by atoms with Crippen molar-refractivity contribution in [2.45, 2.75) is 26.3 Å². The normalized spacial score (nSPS) is 12.4. The SMILES string of the molecule is COc1ccc(C)cc1CC(NN)c1scc(C)c1Cl. The number of hydrogen-bond acceptors (Lipinski definition) is 4. The van der Waals surface area contributed by atoms with E-state index in [1.54, 1.807) is 18.4 Å². The molecule has 3 N–H and O–H groups in total. The Labute approximate surface area is 128 Å². The maximum absolute atomic E-state index is 6.34. The Bertz CT molecular complexity index is 598. The molecule has 0 aliphatic heterocycles. The topological polar surface area (TPSA) is 47.3 Å². The van der Waals surface area contributed by atoms with Gasteiger partial charge in [-0.15, -0.1) is 11.3 Å². The third-order valence-corrected chi connectivity index (χ3v) is 5.13. The highest BCUT2D eigenvalue weighted by atomic mass is 35.5. The number of halogens is 1. The third-order valence-electron chi connectivity index (χ3n) is 3.30. The molecule has 1 heterocycles. The van der Waals surface area contributed by atoms with Crippen LogP contribution in [-0.4, -0.2) is 7.11 Å². The van der Waals surface area contributed by atoms with E-state index in [1.807, 2.05) is 19.1 Å². The lowest BCUT2D eigenvalue weighted by Crippen LogP contribution is -2.29. The molecule has 1 unspecified atom stereocenters. The van der Waals surface area contributed by atoms with Gasteiger partial charge in [-0.25, -0.2) is 0 Å². The predicted octanol–water partition coefficient (Wildman–Crippen LogP) is 3.77. The highest BCUT2D eigenvalue weighted by Crippen LogP contribution is 2.35. The van der Waals surface area contributed by atoms with Crippen molar-refractivity contribution < 1.29 is 4.74 Å². The molecule has 0 saturated carbocycles. The number of rotatable bonds is 5. The van der Waals surface area contributed by atoms with Gasteiger partial charge in [0.05, 0.1) is 18.2 Å². The van der Waals surface area contributed by atoms with Gasteiger partial charge in [-0.3, -0.25) is 11.3 Å². The number of methoxy groups -OCH3 is 1. The third kappa shape index (κ3) is 3.15. The minimum absolute atomic E-state index is 0.0168. The summed E-state index contributed by atoms with van der Waals surface area (Å²) in [5, 5.41) is 2.85. The van der Waals surface area contributed by atoms with Crippen LogP contribution in [0.2, 0.25) is 5.02 Å². The molecule has 108 valence electrons. The van der Waals surface area contributed by atoms with Crippen LogP contribution < -0.4 is 16.0 Å². The zero-order valence-corrected chi connectivity index (χ0v) is 13.4. The number of nitrogens with two attached hydrogens (primary N) is 1. The van der Waals surface area contributed by atoms with Gasteiger partial charge >= 0.3 is 0 Å². The maximum Gasteiger partial charge on any atom is 0.122 e. The van der Waals surface area contributed by atoms with Crippen LogP contribution in [0.1, 0.15) is 27.6 Å². The van der Waals surface area contributed by atoms with Gasteiger partial charge in [0.25, 0.3) is 0 Å². The monoisotopic (exact) mass is 310 g/mol. The molecular formula is C15H19ClN2OS. The van der Waals surface area contributed by atoms with E-state index in [-0.39, 0.29) is 6.04 Å². The zero-order valence-electron chi connectivity index (χ0n) is 11.9. The Balaban J connectivity index is 2.31. The Morgan fingerprint density at radius 3 is 2.70 bits per heavy atom. The Morgan fingerprint density at radius 1 is 1.40 bits per heavy atom. The first-order valence-corrected chi connectivity index (χ1v) is 7.65. The number of thiophene rings is 1. The Kier molecular flexibility index (Phi) is 5.05. The van der Waals surface area contributed by atoms with Crippen LogP contribution in [0.4, 0.5) is 0 Å². The second-order valence-electron chi connectivity index (χ2n) is 4.84. The van der Waals surface area contributed by atoms with E-state index in [1.165, 1.54) is 5.56 Å². The van der Waals surface area contributed by atoms with E-state index >= 15 is 0 Å². The van der Waals surface area contributed by atoms with Gasteiger partial charge in [0.2, 0.25) is 0 Å². The molecule has 20 heavy (non-hydrogen) atoms. The quantitative estimate of drug-likeness (QED) is 0.653. The predicted molar refractivity (Wildman–Crippen MR) is 85.6 cm³/mol. The van der Waals surface area contributed by atoms with Crippen molar-refractivity contribution in [3.63, 3.8) is 0 Å². The molecule has 0 aliphatic rings. The lowest BCUT2D eigenvalue weighted by Gasteiger charge is -2.17. The largest absolute Gasteiger partial charge is 0.496 e. The van der Waals surface area contributed by atoms with Gasteiger partial charge in [-0.1, -0.05) is 29.3 Å². The zero-order chi connectivity index (χ0) is 14.7. The van der Waals surface area contributed by atoms with Crippen molar-refractivity contribution >= 4 is 22.9 Å². The van der Waals surface area contributed by atoms with Gasteiger partial charge in [-0.2, -0.15) is 0 Å². The minimum Gasteiger partial charge on any atom is -0.496 e. The molecule has 1 atom stereocenters. The van der Waals surface area contributed by atoms with E-state index in [4.69, 9.17) is 22.2 Å². The molecule has 1 aromatic heterocycles. The average molecular weight is 311 g/mol. The minimum atomic E-state index is -0.0168. The van der Waals surface area contributed by atoms with Crippen LogP contribution in [0.25, 0.3) is 0 Å². The van der Waals surface area contributed by atoms with E-state index in [2.05, 4.69) is 23.8 Å². The molecular weight excluding hydrogens is 292 g/mol. The van der Waals surface area contributed by atoms with Crippen molar-refractivity contribution in [3.05, 3.63) is 50.2 Å². The second-order valence-corrected chi connectivity index (χ2v) is 6.12. The summed E-state index contributed by atoms with van der Waals surface area (Å²) in [5.74, 6) is 6.59. The molecule has 2 aromatic rings. The summed E-state index contributed by atoms with van der Waals surface area (Å²) in [6, 6.07) is 6.13. The first kappa shape index (κ1) is 15.3. The van der Waals surface area contributed by atoms with Crippen LogP contribution in [0.5, 0.6) is 5.75 Å². The summed E-state index contributed by atoms with van der Waals surface area (Å²) in [7, 11) is 1.68. The fourth-order valence-electron chi connectivity index (χ4n) is 2.20. The molecule has 0 radical (unpaired) electrons. The van der Waals surface area contributed by atoms with Crippen LogP contribution in [0, 0.1) is 13.8 Å².